The number of aromatic nitrogens is 2. The Morgan fingerprint density at radius 3 is 2.92 bits per heavy atom. The predicted molar refractivity (Wildman–Crippen MR) is 84.9 cm³/mol. The number of nitrogens with zero attached hydrogens (tertiary/aromatic N) is 2. The highest BCUT2D eigenvalue weighted by atomic mass is 16.6. The fourth-order valence-corrected chi connectivity index (χ4v) is 3.21. The van der Waals surface area contributed by atoms with Crippen LogP contribution < -0.4 is 0 Å². The fourth-order valence-electron chi connectivity index (χ4n) is 3.21. The number of ether oxygens (including phenoxy) is 2. The van der Waals surface area contributed by atoms with Gasteiger partial charge in [-0.1, -0.05) is 18.2 Å². The molecule has 1 aliphatic rings. The molecule has 3 aromatic rings. The van der Waals surface area contributed by atoms with Gasteiger partial charge < -0.3 is 14.6 Å². The lowest BCUT2D eigenvalue weighted by Crippen LogP contribution is -2.13. The quantitative estimate of drug-likeness (QED) is 0.727. The molecular formula is C17H14N2O5. The molecule has 1 aromatic carbocycles. The van der Waals surface area contributed by atoms with Crippen molar-refractivity contribution in [1.29, 1.82) is 0 Å². The van der Waals surface area contributed by atoms with E-state index in [1.807, 2.05) is 18.2 Å². The minimum absolute atomic E-state index is 0.174. The molecule has 1 N–H and O–H groups in total. The Labute approximate surface area is 136 Å². The van der Waals surface area contributed by atoms with E-state index in [-0.39, 0.29) is 18.9 Å². The lowest BCUT2D eigenvalue weighted by molar-refractivity contribution is 0.0235. The first-order valence-electron chi connectivity index (χ1n) is 7.58. The lowest BCUT2D eigenvalue weighted by atomic mass is 10.0. The van der Waals surface area contributed by atoms with Crippen molar-refractivity contribution in [3.8, 4) is 0 Å². The number of rotatable bonds is 2. The van der Waals surface area contributed by atoms with Crippen molar-refractivity contribution in [2.75, 3.05) is 13.2 Å². The van der Waals surface area contributed by atoms with Crippen molar-refractivity contribution >= 4 is 33.9 Å². The number of aliphatic hydroxyl groups is 1. The second-order valence-electron chi connectivity index (χ2n) is 5.41. The van der Waals surface area contributed by atoms with E-state index in [4.69, 9.17) is 9.47 Å². The highest BCUT2D eigenvalue weighted by Gasteiger charge is 2.36. The van der Waals surface area contributed by atoms with E-state index in [0.29, 0.717) is 22.0 Å². The maximum atomic E-state index is 12.4. The smallest absolute Gasteiger partial charge is 0.419 e. The van der Waals surface area contributed by atoms with Crippen LogP contribution >= 0.6 is 0 Å². The van der Waals surface area contributed by atoms with Crippen molar-refractivity contribution in [3.63, 3.8) is 0 Å². The molecule has 24 heavy (non-hydrogen) atoms. The number of pyridine rings is 1. The summed E-state index contributed by atoms with van der Waals surface area (Å²) in [7, 11) is 0. The van der Waals surface area contributed by atoms with E-state index in [0.717, 1.165) is 5.39 Å². The second kappa shape index (κ2) is 5.31. The number of para-hydroxylation sites is 1. The molecule has 1 aliphatic heterocycles. The summed E-state index contributed by atoms with van der Waals surface area (Å²) in [5.74, 6) is -0.570. The van der Waals surface area contributed by atoms with Crippen LogP contribution in [0, 0.1) is 0 Å². The Kier molecular flexibility index (Phi) is 3.24. The number of fused-ring (bicyclic) bond motifs is 5. The Balaban J connectivity index is 2.15. The Hall–Kier alpha value is -2.93. The van der Waals surface area contributed by atoms with Crippen LogP contribution in [-0.4, -0.2) is 39.9 Å². The van der Waals surface area contributed by atoms with Crippen LogP contribution in [0.4, 0.5) is 4.79 Å². The van der Waals surface area contributed by atoms with E-state index in [2.05, 4.69) is 4.98 Å². The molecule has 0 amide bonds. The molecule has 4 rings (SSSR count). The summed E-state index contributed by atoms with van der Waals surface area (Å²) in [6.07, 6.45) is 0.160. The van der Waals surface area contributed by atoms with Crippen molar-refractivity contribution in [2.24, 2.45) is 0 Å². The number of esters is 1. The maximum Gasteiger partial charge on any atom is 0.419 e. The average molecular weight is 326 g/mol. The normalized spacial score (nSPS) is 16.4. The number of benzene rings is 1. The Morgan fingerprint density at radius 1 is 1.38 bits per heavy atom. The van der Waals surface area contributed by atoms with Gasteiger partial charge in [-0.25, -0.2) is 19.1 Å². The number of hydrogen-bond acceptors (Lipinski definition) is 6. The van der Waals surface area contributed by atoms with E-state index in [9.17, 15) is 14.7 Å². The van der Waals surface area contributed by atoms with Crippen molar-refractivity contribution in [1.82, 2.24) is 9.55 Å². The van der Waals surface area contributed by atoms with Crippen molar-refractivity contribution in [2.45, 2.75) is 13.0 Å². The van der Waals surface area contributed by atoms with Crippen LogP contribution in [0.1, 0.15) is 29.1 Å². The van der Waals surface area contributed by atoms with Gasteiger partial charge in [0, 0.05) is 16.3 Å². The molecule has 0 spiro atoms. The molecule has 122 valence electrons. The zero-order valence-electron chi connectivity index (χ0n) is 12.9. The van der Waals surface area contributed by atoms with Gasteiger partial charge in [-0.05, 0) is 13.0 Å². The highest BCUT2D eigenvalue weighted by Crippen LogP contribution is 2.39. The molecular weight excluding hydrogens is 312 g/mol. The molecule has 7 nitrogen and oxygen atoms in total. The van der Waals surface area contributed by atoms with Crippen LogP contribution in [-0.2, 0) is 9.47 Å². The van der Waals surface area contributed by atoms with Gasteiger partial charge in [0.15, 0.2) is 11.8 Å². The highest BCUT2D eigenvalue weighted by molar-refractivity contribution is 6.16. The second-order valence-corrected chi connectivity index (χ2v) is 5.41. The summed E-state index contributed by atoms with van der Waals surface area (Å²) in [5.41, 5.74) is 1.86. The van der Waals surface area contributed by atoms with E-state index < -0.39 is 18.2 Å². The first-order chi connectivity index (χ1) is 11.7. The van der Waals surface area contributed by atoms with Crippen LogP contribution in [0.15, 0.2) is 30.5 Å². The number of hydrogen-bond donors (Lipinski definition) is 1. The Bertz CT molecular complexity index is 991. The molecule has 0 fully saturated rings. The molecule has 1 atom stereocenters. The molecule has 3 heterocycles. The van der Waals surface area contributed by atoms with Gasteiger partial charge in [0.05, 0.1) is 30.4 Å². The van der Waals surface area contributed by atoms with Gasteiger partial charge in [-0.3, -0.25) is 0 Å². The van der Waals surface area contributed by atoms with Gasteiger partial charge in [0.2, 0.25) is 0 Å². The van der Waals surface area contributed by atoms with Crippen molar-refractivity contribution in [3.05, 3.63) is 41.7 Å². The van der Waals surface area contributed by atoms with Crippen LogP contribution in [0.5, 0.6) is 0 Å². The standard InChI is InChI=1S/C17H14N2O5/c1-2-23-17(22)19-10-6-4-3-5-9(10)13-11(19)7-18-15-14(13)12(8-20)24-16(15)21/h3-7,12,20H,2,8H2,1H3/t12-/m0/s1. The summed E-state index contributed by atoms with van der Waals surface area (Å²) < 4.78 is 11.8. The maximum absolute atomic E-state index is 12.4. The van der Waals surface area contributed by atoms with Crippen molar-refractivity contribution < 1.29 is 24.2 Å². The van der Waals surface area contributed by atoms with Gasteiger partial charge in [0.25, 0.3) is 0 Å². The van der Waals surface area contributed by atoms with Gasteiger partial charge in [-0.15, -0.1) is 0 Å². The number of carbonyl (C=O) groups excluding carboxylic acids is 2. The first kappa shape index (κ1) is 14.6. The van der Waals surface area contributed by atoms with Crippen LogP contribution in [0.3, 0.4) is 0 Å². The van der Waals surface area contributed by atoms with E-state index >= 15 is 0 Å². The third-order valence-corrected chi connectivity index (χ3v) is 4.13. The molecule has 0 saturated carbocycles. The molecule has 7 heteroatoms. The van der Waals surface area contributed by atoms with Gasteiger partial charge in [-0.2, -0.15) is 0 Å². The minimum atomic E-state index is -0.787. The minimum Gasteiger partial charge on any atom is -0.450 e. The number of carbonyl (C=O) groups is 2. The third-order valence-electron chi connectivity index (χ3n) is 4.13. The van der Waals surface area contributed by atoms with Crippen LogP contribution in [0.25, 0.3) is 21.8 Å². The molecule has 0 saturated heterocycles. The average Bonchev–Trinajstić information content (AvgIpc) is 3.10. The summed E-state index contributed by atoms with van der Waals surface area (Å²) in [5, 5.41) is 11.0. The zero-order chi connectivity index (χ0) is 16.8. The molecule has 0 radical (unpaired) electrons. The number of cyclic esters (lactones) is 1. The van der Waals surface area contributed by atoms with E-state index in [1.54, 1.807) is 13.0 Å². The summed E-state index contributed by atoms with van der Waals surface area (Å²) in [4.78, 5) is 28.5. The third kappa shape index (κ3) is 1.85. The van der Waals surface area contributed by atoms with Crippen LogP contribution in [0.2, 0.25) is 0 Å². The topological polar surface area (TPSA) is 90.7 Å². The molecule has 2 aromatic heterocycles. The number of aliphatic hydroxyl groups excluding tert-OH is 1. The summed E-state index contributed by atoms with van der Waals surface area (Å²) in [6, 6.07) is 7.31. The molecule has 0 unspecified atom stereocenters. The largest absolute Gasteiger partial charge is 0.450 e. The monoisotopic (exact) mass is 326 g/mol. The summed E-state index contributed by atoms with van der Waals surface area (Å²) in [6.45, 7) is 1.63. The molecule has 0 bridgehead atoms. The predicted octanol–water partition coefficient (Wildman–Crippen LogP) is 2.40. The van der Waals surface area contributed by atoms with Gasteiger partial charge in [0.1, 0.15) is 0 Å². The summed E-state index contributed by atoms with van der Waals surface area (Å²) >= 11 is 0. The lowest BCUT2D eigenvalue weighted by Gasteiger charge is -2.08. The first-order valence-corrected chi connectivity index (χ1v) is 7.58. The Morgan fingerprint density at radius 2 is 2.17 bits per heavy atom. The van der Waals surface area contributed by atoms with E-state index in [1.165, 1.54) is 10.8 Å². The zero-order valence-corrected chi connectivity index (χ0v) is 12.9. The molecule has 0 aliphatic carbocycles. The van der Waals surface area contributed by atoms with Gasteiger partial charge >= 0.3 is 12.1 Å². The fraction of sp³-hybridized carbons (Fsp3) is 0.235. The SMILES string of the molecule is CCOC(=O)n1c2ccccc2c2c3c(ncc21)C(=O)O[C@H]3CO.